The van der Waals surface area contributed by atoms with Crippen LogP contribution >= 0.6 is 0 Å². The van der Waals surface area contributed by atoms with Gasteiger partial charge in [0.2, 0.25) is 23.6 Å². The third kappa shape index (κ3) is 7.15. The van der Waals surface area contributed by atoms with E-state index in [2.05, 4.69) is 20.6 Å². The third-order valence-corrected chi connectivity index (χ3v) is 8.30. The van der Waals surface area contributed by atoms with Crippen molar-refractivity contribution in [2.75, 3.05) is 6.54 Å². The van der Waals surface area contributed by atoms with Gasteiger partial charge in [-0.3, -0.25) is 19.2 Å². The van der Waals surface area contributed by atoms with Crippen LogP contribution in [0.4, 0.5) is 0 Å². The zero-order valence-corrected chi connectivity index (χ0v) is 24.6. The van der Waals surface area contributed by atoms with Crippen molar-refractivity contribution in [2.24, 2.45) is 11.5 Å². The number of nitrogens with zero attached hydrogens (tertiary/aromatic N) is 1. The summed E-state index contributed by atoms with van der Waals surface area (Å²) in [6.45, 7) is 0.237. The number of amides is 4. The highest BCUT2D eigenvalue weighted by Gasteiger charge is 2.38. The lowest BCUT2D eigenvalue weighted by Gasteiger charge is -2.29. The van der Waals surface area contributed by atoms with Crippen molar-refractivity contribution < 1.29 is 29.1 Å². The van der Waals surface area contributed by atoms with Crippen LogP contribution < -0.4 is 22.1 Å². The predicted molar refractivity (Wildman–Crippen MR) is 167 cm³/mol. The Bertz CT molecular complexity index is 1730. The average molecular weight is 616 g/mol. The molecule has 13 nitrogen and oxygen atoms in total. The Labute approximate surface area is 258 Å². The number of hydrogen-bond donors (Lipinski definition) is 7. The first-order valence-electron chi connectivity index (χ1n) is 14.9. The maximum atomic E-state index is 13.8. The molecule has 4 amide bonds. The number of aromatic amines is 2. The number of likely N-dealkylation sites (tertiary alicyclic amines) is 1. The second kappa shape index (κ2) is 13.6. The van der Waals surface area contributed by atoms with Crippen molar-refractivity contribution in [3.8, 4) is 0 Å². The number of para-hydroxylation sites is 2. The number of primary amides is 1. The number of carboxylic acids is 1. The Morgan fingerprint density at radius 3 is 2.04 bits per heavy atom. The highest BCUT2D eigenvalue weighted by Crippen LogP contribution is 2.23. The number of fused-ring (bicyclic) bond motifs is 2. The monoisotopic (exact) mass is 615 g/mol. The topological polar surface area (TPSA) is 216 Å². The minimum absolute atomic E-state index is 0.0635. The maximum Gasteiger partial charge on any atom is 0.326 e. The number of aromatic nitrogens is 2. The predicted octanol–water partition coefficient (Wildman–Crippen LogP) is 1.07. The van der Waals surface area contributed by atoms with E-state index in [1.165, 1.54) is 4.90 Å². The standard InChI is InChI=1S/C32H37N7O6/c33-22(14-18-16-35-23-8-3-1-6-20(18)23)29(41)37-25(11-12-28(34)40)30(42)38-26(31(43)39-13-5-10-27(39)32(44)45)15-19-17-36-24-9-4-2-7-21(19)24/h1-4,6-9,16-17,22,25-27,35-36H,5,10-15,33H2,(H2,34,40)(H,37,41)(H,38,42)(H,44,45). The molecule has 4 aromatic rings. The minimum atomic E-state index is -1.23. The molecule has 0 saturated carbocycles. The van der Waals surface area contributed by atoms with Gasteiger partial charge in [-0.15, -0.1) is 0 Å². The molecule has 9 N–H and O–H groups in total. The Hall–Kier alpha value is -5.17. The molecule has 2 aromatic heterocycles. The van der Waals surface area contributed by atoms with Crippen molar-refractivity contribution in [3.05, 3.63) is 72.1 Å². The highest BCUT2D eigenvalue weighted by atomic mass is 16.4. The molecule has 3 heterocycles. The first kappa shape index (κ1) is 31.3. The van der Waals surface area contributed by atoms with Crippen LogP contribution in [-0.2, 0) is 36.8 Å². The van der Waals surface area contributed by atoms with Crippen molar-refractivity contribution in [3.63, 3.8) is 0 Å². The lowest BCUT2D eigenvalue weighted by molar-refractivity contribution is -0.149. The molecule has 1 fully saturated rings. The smallest absolute Gasteiger partial charge is 0.326 e. The van der Waals surface area contributed by atoms with Crippen LogP contribution in [0.3, 0.4) is 0 Å². The van der Waals surface area contributed by atoms with Crippen LogP contribution in [0.2, 0.25) is 0 Å². The number of carbonyl (C=O) groups is 5. The molecule has 4 atom stereocenters. The van der Waals surface area contributed by atoms with Gasteiger partial charge in [0.25, 0.3) is 0 Å². The van der Waals surface area contributed by atoms with E-state index in [0.29, 0.717) is 12.8 Å². The lowest BCUT2D eigenvalue weighted by atomic mass is 10.0. The van der Waals surface area contributed by atoms with Crippen molar-refractivity contribution in [1.82, 2.24) is 25.5 Å². The van der Waals surface area contributed by atoms with Crippen LogP contribution in [-0.4, -0.2) is 80.3 Å². The summed E-state index contributed by atoms with van der Waals surface area (Å²) < 4.78 is 0. The average Bonchev–Trinajstić information content (AvgIpc) is 3.77. The molecule has 1 saturated heterocycles. The van der Waals surface area contributed by atoms with Gasteiger partial charge >= 0.3 is 5.97 Å². The van der Waals surface area contributed by atoms with E-state index in [9.17, 15) is 29.1 Å². The lowest BCUT2D eigenvalue weighted by Crippen LogP contribution is -2.58. The van der Waals surface area contributed by atoms with E-state index in [1.807, 2.05) is 48.5 Å². The first-order valence-corrected chi connectivity index (χ1v) is 14.9. The summed E-state index contributed by atoms with van der Waals surface area (Å²) in [5.41, 5.74) is 14.9. The number of benzene rings is 2. The number of rotatable bonds is 13. The quantitative estimate of drug-likeness (QED) is 0.116. The molecule has 4 unspecified atom stereocenters. The van der Waals surface area contributed by atoms with Crippen LogP contribution in [0, 0.1) is 0 Å². The van der Waals surface area contributed by atoms with E-state index in [-0.39, 0.29) is 32.2 Å². The molecule has 1 aliphatic rings. The number of nitrogens with two attached hydrogens (primary N) is 2. The second-order valence-corrected chi connectivity index (χ2v) is 11.4. The van der Waals surface area contributed by atoms with Gasteiger partial charge in [-0.1, -0.05) is 36.4 Å². The summed E-state index contributed by atoms with van der Waals surface area (Å²) in [6, 6.07) is 10.7. The molecular weight excluding hydrogens is 578 g/mol. The first-order chi connectivity index (χ1) is 21.6. The Balaban J connectivity index is 1.35. The molecule has 2 aromatic carbocycles. The van der Waals surface area contributed by atoms with Gasteiger partial charge in [-0.05, 0) is 48.9 Å². The Morgan fingerprint density at radius 1 is 0.867 bits per heavy atom. The van der Waals surface area contributed by atoms with Gasteiger partial charge in [0, 0.05) is 53.6 Å². The molecule has 0 radical (unpaired) electrons. The second-order valence-electron chi connectivity index (χ2n) is 11.4. The minimum Gasteiger partial charge on any atom is -0.480 e. The summed E-state index contributed by atoms with van der Waals surface area (Å²) in [4.78, 5) is 71.9. The molecule has 0 aliphatic carbocycles. The number of H-pyrrole nitrogens is 2. The number of carbonyl (C=O) groups excluding carboxylic acids is 4. The fourth-order valence-corrected chi connectivity index (χ4v) is 5.94. The molecule has 13 heteroatoms. The molecule has 236 valence electrons. The number of hydrogen-bond acceptors (Lipinski definition) is 6. The van der Waals surface area contributed by atoms with Crippen LogP contribution in [0.1, 0.15) is 36.8 Å². The van der Waals surface area contributed by atoms with Crippen LogP contribution in [0.15, 0.2) is 60.9 Å². The van der Waals surface area contributed by atoms with Gasteiger partial charge in [0.15, 0.2) is 0 Å². The largest absolute Gasteiger partial charge is 0.480 e. The Kier molecular flexibility index (Phi) is 9.48. The highest BCUT2D eigenvalue weighted by molar-refractivity contribution is 5.95. The molecule has 1 aliphatic heterocycles. The van der Waals surface area contributed by atoms with E-state index >= 15 is 0 Å². The van der Waals surface area contributed by atoms with Crippen molar-refractivity contribution >= 4 is 51.4 Å². The van der Waals surface area contributed by atoms with Gasteiger partial charge in [-0.2, -0.15) is 0 Å². The molecule has 0 spiro atoms. The van der Waals surface area contributed by atoms with E-state index in [0.717, 1.165) is 32.9 Å². The number of aliphatic carboxylic acids is 1. The van der Waals surface area contributed by atoms with E-state index in [1.54, 1.807) is 12.4 Å². The summed E-state index contributed by atoms with van der Waals surface area (Å²) in [5.74, 6) is -3.66. The SMILES string of the molecule is NC(=O)CCC(NC(=O)C(N)Cc1c[nH]c2ccccc12)C(=O)NC(Cc1c[nH]c2ccccc12)C(=O)N1CCCC1C(=O)O. The third-order valence-electron chi connectivity index (χ3n) is 8.30. The van der Waals surface area contributed by atoms with Gasteiger partial charge in [-0.25, -0.2) is 4.79 Å². The van der Waals surface area contributed by atoms with Gasteiger partial charge < -0.3 is 42.1 Å². The maximum absolute atomic E-state index is 13.8. The Morgan fingerprint density at radius 2 is 1.44 bits per heavy atom. The fourth-order valence-electron chi connectivity index (χ4n) is 5.94. The zero-order valence-electron chi connectivity index (χ0n) is 24.6. The van der Waals surface area contributed by atoms with Crippen LogP contribution in [0.5, 0.6) is 0 Å². The molecule has 5 rings (SSSR count). The van der Waals surface area contributed by atoms with Gasteiger partial charge in [0.05, 0.1) is 6.04 Å². The fraction of sp³-hybridized carbons (Fsp3) is 0.344. The van der Waals surface area contributed by atoms with Crippen LogP contribution in [0.25, 0.3) is 21.8 Å². The molecule has 45 heavy (non-hydrogen) atoms. The summed E-state index contributed by atoms with van der Waals surface area (Å²) in [6.07, 6.45) is 4.26. The van der Waals surface area contributed by atoms with Crippen molar-refractivity contribution in [2.45, 2.75) is 62.7 Å². The normalized spacial score (nSPS) is 16.7. The summed E-state index contributed by atoms with van der Waals surface area (Å²) >= 11 is 0. The summed E-state index contributed by atoms with van der Waals surface area (Å²) in [5, 5.41) is 16.9. The van der Waals surface area contributed by atoms with E-state index < -0.39 is 53.8 Å². The molecule has 0 bridgehead atoms. The molecular formula is C32H37N7O6. The van der Waals surface area contributed by atoms with Gasteiger partial charge in [0.1, 0.15) is 18.1 Å². The van der Waals surface area contributed by atoms with E-state index in [4.69, 9.17) is 11.5 Å². The number of carboxylic acid groups (broad SMARTS) is 1. The number of nitrogens with one attached hydrogen (secondary N) is 4. The van der Waals surface area contributed by atoms with Crippen molar-refractivity contribution in [1.29, 1.82) is 0 Å². The summed E-state index contributed by atoms with van der Waals surface area (Å²) in [7, 11) is 0. The zero-order chi connectivity index (χ0) is 32.1.